The SMILES string of the molecule is N#Cc1ccc(NCC(=O)N(c2ccccc2)C2CCS(=O)(=O)C2)cc1. The minimum absolute atomic E-state index is 0.00942. The first-order valence-corrected chi connectivity index (χ1v) is 10.1. The van der Waals surface area contributed by atoms with Gasteiger partial charge >= 0.3 is 0 Å². The number of hydrogen-bond donors (Lipinski definition) is 1. The van der Waals surface area contributed by atoms with Crippen LogP contribution in [-0.4, -0.2) is 38.4 Å². The minimum atomic E-state index is -3.10. The molecule has 0 aliphatic carbocycles. The fourth-order valence-electron chi connectivity index (χ4n) is 3.05. The Balaban J connectivity index is 1.75. The molecule has 1 amide bonds. The summed E-state index contributed by atoms with van der Waals surface area (Å²) in [5.74, 6) is -0.0929. The van der Waals surface area contributed by atoms with Crippen molar-refractivity contribution in [3.05, 3.63) is 60.2 Å². The first kappa shape index (κ1) is 18.0. The number of amides is 1. The van der Waals surface area contributed by atoms with E-state index in [1.54, 1.807) is 29.2 Å². The highest BCUT2D eigenvalue weighted by molar-refractivity contribution is 7.91. The number of benzene rings is 2. The van der Waals surface area contributed by atoms with Crippen molar-refractivity contribution in [3.8, 4) is 6.07 Å². The van der Waals surface area contributed by atoms with Gasteiger partial charge < -0.3 is 10.2 Å². The monoisotopic (exact) mass is 369 g/mol. The van der Waals surface area contributed by atoms with Crippen LogP contribution in [0.1, 0.15) is 12.0 Å². The summed E-state index contributed by atoms with van der Waals surface area (Å²) in [6.07, 6.45) is 0.444. The smallest absolute Gasteiger partial charge is 0.246 e. The molecular weight excluding hydrogens is 350 g/mol. The van der Waals surface area contributed by atoms with E-state index in [0.29, 0.717) is 17.7 Å². The average molecular weight is 369 g/mol. The molecular formula is C19H19N3O3S. The fraction of sp³-hybridized carbons (Fsp3) is 0.263. The van der Waals surface area contributed by atoms with Crippen LogP contribution in [0.3, 0.4) is 0 Å². The highest BCUT2D eigenvalue weighted by Gasteiger charge is 2.35. The van der Waals surface area contributed by atoms with Crippen molar-refractivity contribution in [3.63, 3.8) is 0 Å². The number of hydrogen-bond acceptors (Lipinski definition) is 5. The number of nitriles is 1. The average Bonchev–Trinajstić information content (AvgIpc) is 3.01. The fourth-order valence-corrected chi connectivity index (χ4v) is 4.75. The number of nitrogens with one attached hydrogen (secondary N) is 1. The zero-order chi connectivity index (χ0) is 18.6. The van der Waals surface area contributed by atoms with E-state index in [1.165, 1.54) is 0 Å². The second-order valence-corrected chi connectivity index (χ2v) is 8.43. The van der Waals surface area contributed by atoms with Gasteiger partial charge in [-0.1, -0.05) is 18.2 Å². The van der Waals surface area contributed by atoms with Gasteiger partial charge in [-0.05, 0) is 42.8 Å². The Hall–Kier alpha value is -2.85. The molecule has 1 aliphatic heterocycles. The molecule has 0 spiro atoms. The quantitative estimate of drug-likeness (QED) is 0.872. The van der Waals surface area contributed by atoms with Gasteiger partial charge in [0.25, 0.3) is 0 Å². The number of para-hydroxylation sites is 1. The van der Waals surface area contributed by atoms with Crippen molar-refractivity contribution in [1.82, 2.24) is 0 Å². The van der Waals surface area contributed by atoms with Crippen LogP contribution in [0.15, 0.2) is 54.6 Å². The van der Waals surface area contributed by atoms with Crippen LogP contribution in [0, 0.1) is 11.3 Å². The van der Waals surface area contributed by atoms with Crippen LogP contribution in [0.25, 0.3) is 0 Å². The third-order valence-corrected chi connectivity index (χ3v) is 6.08. The van der Waals surface area contributed by atoms with Gasteiger partial charge in [0, 0.05) is 11.4 Å². The molecule has 1 atom stereocenters. The Bertz CT molecular complexity index is 919. The van der Waals surface area contributed by atoms with Crippen molar-refractivity contribution in [2.75, 3.05) is 28.3 Å². The molecule has 0 bridgehead atoms. The summed E-state index contributed by atoms with van der Waals surface area (Å²) in [5.41, 5.74) is 1.97. The number of rotatable bonds is 5. The Kier molecular flexibility index (Phi) is 5.24. The van der Waals surface area contributed by atoms with Gasteiger partial charge in [0.1, 0.15) is 0 Å². The number of carbonyl (C=O) groups excluding carboxylic acids is 1. The molecule has 1 unspecified atom stereocenters. The highest BCUT2D eigenvalue weighted by Crippen LogP contribution is 2.24. The van der Waals surface area contributed by atoms with E-state index >= 15 is 0 Å². The molecule has 7 heteroatoms. The predicted octanol–water partition coefficient (Wildman–Crippen LogP) is 2.19. The standard InChI is InChI=1S/C19H19N3O3S/c20-12-15-6-8-16(9-7-15)21-13-19(23)22(17-4-2-1-3-5-17)18-10-11-26(24,25)14-18/h1-9,18,21H,10-11,13-14H2. The molecule has 0 radical (unpaired) electrons. The second kappa shape index (κ2) is 7.58. The Labute approximate surface area is 153 Å². The number of sulfone groups is 1. The zero-order valence-electron chi connectivity index (χ0n) is 14.1. The molecule has 1 saturated heterocycles. The molecule has 6 nitrogen and oxygen atoms in total. The van der Waals surface area contributed by atoms with E-state index in [0.717, 1.165) is 5.69 Å². The van der Waals surface area contributed by atoms with Crippen LogP contribution in [0.2, 0.25) is 0 Å². The van der Waals surface area contributed by atoms with Crippen molar-refractivity contribution < 1.29 is 13.2 Å². The lowest BCUT2D eigenvalue weighted by atomic mass is 10.1. The molecule has 1 heterocycles. The Morgan fingerprint density at radius 3 is 2.42 bits per heavy atom. The van der Waals surface area contributed by atoms with Crippen molar-refractivity contribution in [1.29, 1.82) is 5.26 Å². The topological polar surface area (TPSA) is 90.3 Å². The highest BCUT2D eigenvalue weighted by atomic mass is 32.2. The second-order valence-electron chi connectivity index (χ2n) is 6.20. The van der Waals surface area contributed by atoms with E-state index in [1.807, 2.05) is 36.4 Å². The largest absolute Gasteiger partial charge is 0.376 e. The number of nitrogens with zero attached hydrogens (tertiary/aromatic N) is 2. The summed E-state index contributed by atoms with van der Waals surface area (Å²) in [5, 5.41) is 11.9. The maximum absolute atomic E-state index is 12.9. The van der Waals surface area contributed by atoms with Crippen molar-refractivity contribution >= 4 is 27.1 Å². The van der Waals surface area contributed by atoms with Gasteiger partial charge in [-0.25, -0.2) is 8.42 Å². The predicted molar refractivity (Wildman–Crippen MR) is 101 cm³/mol. The first-order valence-electron chi connectivity index (χ1n) is 8.30. The van der Waals surface area contributed by atoms with Gasteiger partial charge in [-0.15, -0.1) is 0 Å². The van der Waals surface area contributed by atoms with Crippen molar-refractivity contribution in [2.24, 2.45) is 0 Å². The molecule has 0 saturated carbocycles. The van der Waals surface area contributed by atoms with E-state index < -0.39 is 9.84 Å². The van der Waals surface area contributed by atoms with Crippen molar-refractivity contribution in [2.45, 2.75) is 12.5 Å². The summed E-state index contributed by atoms with van der Waals surface area (Å²) in [4.78, 5) is 14.4. The van der Waals surface area contributed by atoms with Gasteiger partial charge in [0.15, 0.2) is 9.84 Å². The lowest BCUT2D eigenvalue weighted by molar-refractivity contribution is -0.117. The van der Waals surface area contributed by atoms with Crippen LogP contribution in [0.4, 0.5) is 11.4 Å². The van der Waals surface area contributed by atoms with E-state index in [2.05, 4.69) is 5.32 Å². The molecule has 2 aromatic carbocycles. The van der Waals surface area contributed by atoms with Crippen LogP contribution < -0.4 is 10.2 Å². The van der Waals surface area contributed by atoms with Gasteiger partial charge in [0.2, 0.25) is 5.91 Å². The summed E-state index contributed by atoms with van der Waals surface area (Å²) in [6, 6.07) is 17.6. The number of carbonyl (C=O) groups is 1. The zero-order valence-corrected chi connectivity index (χ0v) is 14.9. The van der Waals surface area contributed by atoms with Gasteiger partial charge in [0.05, 0.1) is 35.7 Å². The number of anilines is 2. The molecule has 1 aliphatic rings. The maximum atomic E-state index is 12.9. The lowest BCUT2D eigenvalue weighted by Crippen LogP contribution is -2.44. The van der Waals surface area contributed by atoms with Gasteiger partial charge in [-0.3, -0.25) is 4.79 Å². The van der Waals surface area contributed by atoms with Crippen LogP contribution in [0.5, 0.6) is 0 Å². The molecule has 26 heavy (non-hydrogen) atoms. The molecule has 1 fully saturated rings. The minimum Gasteiger partial charge on any atom is -0.376 e. The molecule has 0 aromatic heterocycles. The molecule has 2 aromatic rings. The summed E-state index contributed by atoms with van der Waals surface area (Å²) in [7, 11) is -3.10. The summed E-state index contributed by atoms with van der Waals surface area (Å²) >= 11 is 0. The third-order valence-electron chi connectivity index (χ3n) is 4.33. The molecule has 1 N–H and O–H groups in total. The van der Waals surface area contributed by atoms with E-state index in [-0.39, 0.29) is 30.0 Å². The summed E-state index contributed by atoms with van der Waals surface area (Å²) in [6.45, 7) is 0.0390. The molecule has 3 rings (SSSR count). The van der Waals surface area contributed by atoms with Gasteiger partial charge in [-0.2, -0.15) is 5.26 Å². The lowest BCUT2D eigenvalue weighted by Gasteiger charge is -2.28. The Morgan fingerprint density at radius 1 is 1.15 bits per heavy atom. The van der Waals surface area contributed by atoms with E-state index in [4.69, 9.17) is 5.26 Å². The van der Waals surface area contributed by atoms with Crippen LogP contribution >= 0.6 is 0 Å². The Morgan fingerprint density at radius 2 is 1.85 bits per heavy atom. The first-order chi connectivity index (χ1) is 12.5. The van der Waals surface area contributed by atoms with Crippen LogP contribution in [-0.2, 0) is 14.6 Å². The maximum Gasteiger partial charge on any atom is 0.246 e. The summed E-state index contributed by atoms with van der Waals surface area (Å²) < 4.78 is 23.7. The third kappa shape index (κ3) is 4.21. The van der Waals surface area contributed by atoms with E-state index in [9.17, 15) is 13.2 Å². The normalized spacial score (nSPS) is 18.0. The molecule has 134 valence electrons.